The highest BCUT2D eigenvalue weighted by molar-refractivity contribution is 5.97. The SMILES string of the molecule is CC(C)C1Oc2cc(CN)ccc2NC1=O. The molecule has 0 fully saturated rings. The molecule has 16 heavy (non-hydrogen) atoms. The summed E-state index contributed by atoms with van der Waals surface area (Å²) < 4.78 is 5.68. The molecule has 0 spiro atoms. The minimum Gasteiger partial charge on any atom is -0.478 e. The monoisotopic (exact) mass is 220 g/mol. The number of rotatable bonds is 2. The van der Waals surface area contributed by atoms with Crippen molar-refractivity contribution in [1.29, 1.82) is 0 Å². The van der Waals surface area contributed by atoms with Crippen molar-refractivity contribution >= 4 is 11.6 Å². The second-order valence-corrected chi connectivity index (χ2v) is 4.31. The summed E-state index contributed by atoms with van der Waals surface area (Å²) in [5, 5.41) is 2.84. The van der Waals surface area contributed by atoms with Crippen LogP contribution in [0.5, 0.6) is 5.75 Å². The molecule has 0 saturated carbocycles. The molecule has 2 rings (SSSR count). The standard InChI is InChI=1S/C12H16N2O2/c1-7(2)11-12(15)14-9-4-3-8(6-13)5-10(9)16-11/h3-5,7,11H,6,13H2,1-2H3,(H,14,15). The van der Waals surface area contributed by atoms with Gasteiger partial charge in [-0.25, -0.2) is 0 Å². The molecule has 1 aliphatic rings. The van der Waals surface area contributed by atoms with Crippen molar-refractivity contribution in [3.8, 4) is 5.75 Å². The number of hydrogen-bond acceptors (Lipinski definition) is 3. The van der Waals surface area contributed by atoms with Gasteiger partial charge in [0.15, 0.2) is 6.10 Å². The van der Waals surface area contributed by atoms with Gasteiger partial charge in [-0.1, -0.05) is 19.9 Å². The van der Waals surface area contributed by atoms with E-state index in [2.05, 4.69) is 5.32 Å². The quantitative estimate of drug-likeness (QED) is 0.793. The van der Waals surface area contributed by atoms with Crippen molar-refractivity contribution in [3.05, 3.63) is 23.8 Å². The Labute approximate surface area is 94.8 Å². The van der Waals surface area contributed by atoms with E-state index in [9.17, 15) is 4.79 Å². The topological polar surface area (TPSA) is 64.3 Å². The number of ether oxygens (including phenoxy) is 1. The van der Waals surface area contributed by atoms with Gasteiger partial charge in [-0.15, -0.1) is 0 Å². The normalized spacial score (nSPS) is 19.0. The number of anilines is 1. The Morgan fingerprint density at radius 1 is 1.50 bits per heavy atom. The van der Waals surface area contributed by atoms with Gasteiger partial charge in [0.05, 0.1) is 5.69 Å². The van der Waals surface area contributed by atoms with Gasteiger partial charge in [-0.3, -0.25) is 4.79 Å². The summed E-state index contributed by atoms with van der Waals surface area (Å²) in [4.78, 5) is 11.7. The van der Waals surface area contributed by atoms with Crippen LogP contribution in [-0.4, -0.2) is 12.0 Å². The minimum atomic E-state index is -0.416. The van der Waals surface area contributed by atoms with E-state index in [-0.39, 0.29) is 11.8 Å². The van der Waals surface area contributed by atoms with E-state index in [0.717, 1.165) is 11.3 Å². The molecule has 1 heterocycles. The van der Waals surface area contributed by atoms with Crippen LogP contribution in [0.2, 0.25) is 0 Å². The Morgan fingerprint density at radius 2 is 2.25 bits per heavy atom. The van der Waals surface area contributed by atoms with E-state index in [1.54, 1.807) is 0 Å². The van der Waals surface area contributed by atoms with Crippen LogP contribution in [-0.2, 0) is 11.3 Å². The van der Waals surface area contributed by atoms with E-state index in [1.807, 2.05) is 32.0 Å². The Balaban J connectivity index is 2.32. The molecule has 1 unspecified atom stereocenters. The number of benzene rings is 1. The summed E-state index contributed by atoms with van der Waals surface area (Å²) in [6.07, 6.45) is -0.416. The number of amides is 1. The lowest BCUT2D eigenvalue weighted by atomic mass is 10.0. The lowest BCUT2D eigenvalue weighted by molar-refractivity contribution is -0.125. The molecule has 1 amide bonds. The Morgan fingerprint density at radius 3 is 2.88 bits per heavy atom. The van der Waals surface area contributed by atoms with E-state index >= 15 is 0 Å². The van der Waals surface area contributed by atoms with Crippen molar-refractivity contribution in [2.45, 2.75) is 26.5 Å². The number of fused-ring (bicyclic) bond motifs is 1. The van der Waals surface area contributed by atoms with Gasteiger partial charge >= 0.3 is 0 Å². The van der Waals surface area contributed by atoms with Gasteiger partial charge in [0.25, 0.3) is 5.91 Å². The zero-order valence-corrected chi connectivity index (χ0v) is 9.49. The molecule has 0 radical (unpaired) electrons. The van der Waals surface area contributed by atoms with Crippen LogP contribution in [0.3, 0.4) is 0 Å². The van der Waals surface area contributed by atoms with Crippen LogP contribution < -0.4 is 15.8 Å². The summed E-state index contributed by atoms with van der Waals surface area (Å²) in [6.45, 7) is 4.39. The van der Waals surface area contributed by atoms with Crippen molar-refractivity contribution in [1.82, 2.24) is 0 Å². The molecule has 3 N–H and O–H groups in total. The molecule has 4 nitrogen and oxygen atoms in total. The summed E-state index contributed by atoms with van der Waals surface area (Å²) in [6, 6.07) is 5.59. The maximum atomic E-state index is 11.7. The molecule has 0 aliphatic carbocycles. The second-order valence-electron chi connectivity index (χ2n) is 4.31. The largest absolute Gasteiger partial charge is 0.478 e. The second kappa shape index (κ2) is 4.14. The lowest BCUT2D eigenvalue weighted by Gasteiger charge is -2.28. The molecule has 0 aromatic heterocycles. The van der Waals surface area contributed by atoms with Crippen molar-refractivity contribution < 1.29 is 9.53 Å². The highest BCUT2D eigenvalue weighted by atomic mass is 16.5. The Hall–Kier alpha value is -1.55. The number of carbonyl (C=O) groups is 1. The van der Waals surface area contributed by atoms with Crippen LogP contribution in [0.15, 0.2) is 18.2 Å². The van der Waals surface area contributed by atoms with Gasteiger partial charge in [0.1, 0.15) is 5.75 Å². The van der Waals surface area contributed by atoms with Crippen LogP contribution in [0, 0.1) is 5.92 Å². The number of nitrogens with one attached hydrogen (secondary N) is 1. The molecule has 0 saturated heterocycles. The highest BCUT2D eigenvalue weighted by Crippen LogP contribution is 2.32. The van der Waals surface area contributed by atoms with Gasteiger partial charge in [0, 0.05) is 6.54 Å². The third kappa shape index (κ3) is 1.88. The maximum Gasteiger partial charge on any atom is 0.265 e. The molecule has 1 aromatic carbocycles. The van der Waals surface area contributed by atoms with Crippen molar-refractivity contribution in [2.75, 3.05) is 5.32 Å². The molecule has 1 aromatic rings. The first-order valence-corrected chi connectivity index (χ1v) is 5.42. The smallest absolute Gasteiger partial charge is 0.265 e. The molecule has 1 aliphatic heterocycles. The van der Waals surface area contributed by atoms with E-state index in [1.165, 1.54) is 0 Å². The Bertz CT molecular complexity index is 415. The van der Waals surface area contributed by atoms with Gasteiger partial charge in [-0.2, -0.15) is 0 Å². The summed E-state index contributed by atoms with van der Waals surface area (Å²) in [5.41, 5.74) is 7.28. The van der Waals surface area contributed by atoms with Crippen LogP contribution in [0.4, 0.5) is 5.69 Å². The average Bonchev–Trinajstić information content (AvgIpc) is 2.27. The number of carbonyl (C=O) groups excluding carboxylic acids is 1. The zero-order valence-electron chi connectivity index (χ0n) is 9.49. The van der Waals surface area contributed by atoms with Crippen LogP contribution >= 0.6 is 0 Å². The van der Waals surface area contributed by atoms with Gasteiger partial charge in [-0.05, 0) is 23.6 Å². The molecular formula is C12H16N2O2. The van der Waals surface area contributed by atoms with Crippen LogP contribution in [0.25, 0.3) is 0 Å². The first kappa shape index (κ1) is 11.0. The number of nitrogens with two attached hydrogens (primary N) is 1. The van der Waals surface area contributed by atoms with Gasteiger partial charge in [0.2, 0.25) is 0 Å². The third-order valence-electron chi connectivity index (χ3n) is 2.66. The van der Waals surface area contributed by atoms with Crippen molar-refractivity contribution in [3.63, 3.8) is 0 Å². The lowest BCUT2D eigenvalue weighted by Crippen LogP contribution is -2.40. The maximum absolute atomic E-state index is 11.7. The molecule has 1 atom stereocenters. The molecular weight excluding hydrogens is 204 g/mol. The highest BCUT2D eigenvalue weighted by Gasteiger charge is 2.30. The fraction of sp³-hybridized carbons (Fsp3) is 0.417. The zero-order chi connectivity index (χ0) is 11.7. The predicted molar refractivity (Wildman–Crippen MR) is 62.2 cm³/mol. The molecule has 4 heteroatoms. The van der Waals surface area contributed by atoms with E-state index in [0.29, 0.717) is 12.3 Å². The van der Waals surface area contributed by atoms with Crippen molar-refractivity contribution in [2.24, 2.45) is 11.7 Å². The molecule has 0 bridgehead atoms. The Kier molecular flexibility index (Phi) is 2.83. The summed E-state index contributed by atoms with van der Waals surface area (Å²) >= 11 is 0. The number of hydrogen-bond donors (Lipinski definition) is 2. The third-order valence-corrected chi connectivity index (χ3v) is 2.66. The van der Waals surface area contributed by atoms with E-state index < -0.39 is 6.10 Å². The first-order valence-electron chi connectivity index (χ1n) is 5.42. The summed E-state index contributed by atoms with van der Waals surface area (Å²) in [7, 11) is 0. The van der Waals surface area contributed by atoms with Gasteiger partial charge < -0.3 is 15.8 Å². The first-order chi connectivity index (χ1) is 7.61. The van der Waals surface area contributed by atoms with Crippen LogP contribution in [0.1, 0.15) is 19.4 Å². The fourth-order valence-electron chi connectivity index (χ4n) is 1.73. The molecule has 86 valence electrons. The van der Waals surface area contributed by atoms with E-state index in [4.69, 9.17) is 10.5 Å². The fourth-order valence-corrected chi connectivity index (χ4v) is 1.73. The average molecular weight is 220 g/mol. The predicted octanol–water partition coefficient (Wildman–Crippen LogP) is 1.50. The minimum absolute atomic E-state index is 0.0806. The summed E-state index contributed by atoms with van der Waals surface area (Å²) in [5.74, 6) is 0.777.